The van der Waals surface area contributed by atoms with E-state index in [1.807, 2.05) is 19.9 Å². The Morgan fingerprint density at radius 3 is 2.71 bits per heavy atom. The molecule has 1 heterocycles. The Hall–Kier alpha value is -0.800. The van der Waals surface area contributed by atoms with Crippen molar-refractivity contribution in [1.82, 2.24) is 4.98 Å². The first-order valence-corrected chi connectivity index (χ1v) is 5.00. The van der Waals surface area contributed by atoms with E-state index in [4.69, 9.17) is 16.7 Å². The average Bonchev–Trinajstić information content (AvgIpc) is 2.20. The highest BCUT2D eigenvalue weighted by atomic mass is 35.5. The van der Waals surface area contributed by atoms with Crippen LogP contribution in [0.1, 0.15) is 13.8 Å². The molecule has 0 fully saturated rings. The van der Waals surface area contributed by atoms with E-state index in [1.54, 1.807) is 12.3 Å². The number of aliphatic hydroxyl groups excluding tert-OH is 1. The fourth-order valence-corrected chi connectivity index (χ4v) is 1.11. The molecule has 0 aliphatic carbocycles. The molecule has 0 bridgehead atoms. The van der Waals surface area contributed by atoms with Crippen molar-refractivity contribution in [2.45, 2.75) is 19.9 Å². The molecule has 1 aromatic rings. The molecule has 0 amide bonds. The normalized spacial score (nSPS) is 14.9. The first-order valence-electron chi connectivity index (χ1n) is 4.62. The lowest BCUT2D eigenvalue weighted by molar-refractivity contribution is 0.226. The maximum Gasteiger partial charge on any atom is 0.126 e. The Kier molecular flexibility index (Phi) is 4.17. The summed E-state index contributed by atoms with van der Waals surface area (Å²) in [5, 5.41) is 12.8. The molecule has 0 saturated carbocycles. The zero-order valence-corrected chi connectivity index (χ0v) is 9.12. The van der Waals surface area contributed by atoms with Crippen molar-refractivity contribution in [3.8, 4) is 0 Å². The van der Waals surface area contributed by atoms with Crippen LogP contribution in [0.15, 0.2) is 18.3 Å². The second kappa shape index (κ2) is 5.17. The molecule has 3 nitrogen and oxygen atoms in total. The molecule has 0 saturated heterocycles. The maximum absolute atomic E-state index is 8.95. The minimum absolute atomic E-state index is 0.168. The van der Waals surface area contributed by atoms with E-state index in [2.05, 4.69) is 10.3 Å². The molecule has 2 unspecified atom stereocenters. The highest BCUT2D eigenvalue weighted by Crippen LogP contribution is 2.12. The molecule has 0 radical (unpaired) electrons. The Bertz CT molecular complexity index is 276. The van der Waals surface area contributed by atoms with Gasteiger partial charge in [-0.2, -0.15) is 0 Å². The molecule has 0 aromatic carbocycles. The number of hydrogen-bond acceptors (Lipinski definition) is 3. The molecule has 2 N–H and O–H groups in total. The van der Waals surface area contributed by atoms with Crippen LogP contribution in [0.3, 0.4) is 0 Å². The van der Waals surface area contributed by atoms with Crippen molar-refractivity contribution in [3.63, 3.8) is 0 Å². The molecule has 0 aliphatic heterocycles. The van der Waals surface area contributed by atoms with Crippen molar-refractivity contribution in [2.24, 2.45) is 5.92 Å². The number of nitrogens with one attached hydrogen (secondary N) is 1. The van der Waals surface area contributed by atoms with Crippen molar-refractivity contribution in [3.05, 3.63) is 23.4 Å². The summed E-state index contributed by atoms with van der Waals surface area (Å²) in [5.74, 6) is 0.981. The number of aliphatic hydroxyl groups is 1. The van der Waals surface area contributed by atoms with Gasteiger partial charge in [0.2, 0.25) is 0 Å². The summed E-state index contributed by atoms with van der Waals surface area (Å²) in [7, 11) is 0. The Morgan fingerprint density at radius 2 is 2.21 bits per heavy atom. The topological polar surface area (TPSA) is 45.1 Å². The van der Waals surface area contributed by atoms with Crippen molar-refractivity contribution in [2.75, 3.05) is 11.9 Å². The summed E-state index contributed by atoms with van der Waals surface area (Å²) < 4.78 is 0. The monoisotopic (exact) mass is 214 g/mol. The number of pyridine rings is 1. The number of hydrogen-bond donors (Lipinski definition) is 2. The van der Waals surface area contributed by atoms with E-state index in [-0.39, 0.29) is 18.6 Å². The Labute approximate surface area is 89.1 Å². The van der Waals surface area contributed by atoms with Crippen molar-refractivity contribution in [1.29, 1.82) is 0 Å². The van der Waals surface area contributed by atoms with E-state index >= 15 is 0 Å². The van der Waals surface area contributed by atoms with Crippen LogP contribution < -0.4 is 5.32 Å². The van der Waals surface area contributed by atoms with Crippen LogP contribution in [0.4, 0.5) is 5.82 Å². The lowest BCUT2D eigenvalue weighted by atomic mass is 10.1. The third-order valence-electron chi connectivity index (χ3n) is 2.24. The quantitative estimate of drug-likeness (QED) is 0.808. The van der Waals surface area contributed by atoms with Crippen LogP contribution in [-0.4, -0.2) is 22.7 Å². The lowest BCUT2D eigenvalue weighted by Crippen LogP contribution is -2.26. The minimum atomic E-state index is 0.168. The second-order valence-corrected chi connectivity index (χ2v) is 3.89. The molecule has 2 atom stereocenters. The number of rotatable bonds is 4. The molecule has 0 spiro atoms. The second-order valence-electron chi connectivity index (χ2n) is 3.45. The number of anilines is 1. The van der Waals surface area contributed by atoms with Gasteiger partial charge >= 0.3 is 0 Å². The minimum Gasteiger partial charge on any atom is -0.396 e. The fourth-order valence-electron chi connectivity index (χ4n) is 0.995. The van der Waals surface area contributed by atoms with Gasteiger partial charge in [-0.3, -0.25) is 0 Å². The van der Waals surface area contributed by atoms with Crippen LogP contribution in [0, 0.1) is 5.92 Å². The van der Waals surface area contributed by atoms with Gasteiger partial charge in [-0.1, -0.05) is 18.5 Å². The fraction of sp³-hybridized carbons (Fsp3) is 0.500. The van der Waals surface area contributed by atoms with Gasteiger partial charge in [0.15, 0.2) is 0 Å². The van der Waals surface area contributed by atoms with Crippen molar-refractivity contribution >= 4 is 17.4 Å². The van der Waals surface area contributed by atoms with E-state index < -0.39 is 0 Å². The highest BCUT2D eigenvalue weighted by Gasteiger charge is 2.10. The van der Waals surface area contributed by atoms with E-state index in [0.717, 1.165) is 5.82 Å². The zero-order chi connectivity index (χ0) is 10.6. The summed E-state index contributed by atoms with van der Waals surface area (Å²) in [5.41, 5.74) is 0. The maximum atomic E-state index is 8.95. The molecular formula is C10H15ClN2O. The summed E-state index contributed by atoms with van der Waals surface area (Å²) in [6, 6.07) is 3.80. The zero-order valence-electron chi connectivity index (χ0n) is 8.37. The Morgan fingerprint density at radius 1 is 1.50 bits per heavy atom. The molecule has 78 valence electrons. The number of aromatic nitrogens is 1. The summed E-state index contributed by atoms with van der Waals surface area (Å²) in [4.78, 5) is 4.11. The van der Waals surface area contributed by atoms with Crippen LogP contribution in [0.25, 0.3) is 0 Å². The van der Waals surface area contributed by atoms with Gasteiger partial charge in [0.25, 0.3) is 0 Å². The summed E-state index contributed by atoms with van der Waals surface area (Å²) in [6.45, 7) is 4.16. The predicted molar refractivity (Wildman–Crippen MR) is 58.6 cm³/mol. The molecule has 0 aliphatic rings. The number of nitrogens with zero attached hydrogens (tertiary/aromatic N) is 1. The highest BCUT2D eigenvalue weighted by molar-refractivity contribution is 6.30. The Balaban J connectivity index is 2.56. The van der Waals surface area contributed by atoms with Gasteiger partial charge in [0.1, 0.15) is 5.82 Å². The van der Waals surface area contributed by atoms with Crippen LogP contribution in [0.2, 0.25) is 5.02 Å². The van der Waals surface area contributed by atoms with Gasteiger partial charge in [-0.25, -0.2) is 4.98 Å². The predicted octanol–water partition coefficient (Wildman–Crippen LogP) is 2.16. The van der Waals surface area contributed by atoms with Crippen molar-refractivity contribution < 1.29 is 5.11 Å². The van der Waals surface area contributed by atoms with Gasteiger partial charge in [-0.05, 0) is 25.0 Å². The average molecular weight is 215 g/mol. The SMILES string of the molecule is CC(CO)C(C)Nc1ccc(Cl)cn1. The summed E-state index contributed by atoms with van der Waals surface area (Å²) in [6.07, 6.45) is 1.60. The third-order valence-corrected chi connectivity index (χ3v) is 2.47. The lowest BCUT2D eigenvalue weighted by Gasteiger charge is -2.19. The van der Waals surface area contributed by atoms with Gasteiger partial charge in [0, 0.05) is 18.8 Å². The van der Waals surface area contributed by atoms with Crippen LogP contribution in [-0.2, 0) is 0 Å². The largest absolute Gasteiger partial charge is 0.396 e. The van der Waals surface area contributed by atoms with Crippen LogP contribution in [0.5, 0.6) is 0 Å². The van der Waals surface area contributed by atoms with Gasteiger partial charge in [0.05, 0.1) is 5.02 Å². The summed E-state index contributed by atoms with van der Waals surface area (Å²) >= 11 is 5.71. The smallest absolute Gasteiger partial charge is 0.126 e. The van der Waals surface area contributed by atoms with E-state index in [1.165, 1.54) is 0 Å². The first kappa shape index (κ1) is 11.3. The molecule has 1 rings (SSSR count). The number of halogens is 1. The standard InChI is InChI=1S/C10H15ClN2O/c1-7(6-14)8(2)13-10-4-3-9(11)5-12-10/h3-5,7-8,14H,6H2,1-2H3,(H,12,13). The van der Waals surface area contributed by atoms with Crippen LogP contribution >= 0.6 is 11.6 Å². The molecule has 1 aromatic heterocycles. The molecule has 4 heteroatoms. The van der Waals surface area contributed by atoms with Gasteiger partial charge in [-0.15, -0.1) is 0 Å². The van der Waals surface area contributed by atoms with E-state index in [9.17, 15) is 0 Å². The molecule has 14 heavy (non-hydrogen) atoms. The third kappa shape index (κ3) is 3.16. The van der Waals surface area contributed by atoms with E-state index in [0.29, 0.717) is 5.02 Å². The molecular weight excluding hydrogens is 200 g/mol. The first-order chi connectivity index (χ1) is 6.63. The van der Waals surface area contributed by atoms with Gasteiger partial charge < -0.3 is 10.4 Å².